The second-order valence-corrected chi connectivity index (χ2v) is 4.79. The fourth-order valence-corrected chi connectivity index (χ4v) is 1.91. The molecule has 0 aromatic carbocycles. The first-order chi connectivity index (χ1) is 7.09. The van der Waals surface area contributed by atoms with Gasteiger partial charge >= 0.3 is 5.97 Å². The summed E-state index contributed by atoms with van der Waals surface area (Å²) in [7, 11) is 0. The van der Waals surface area contributed by atoms with Gasteiger partial charge in [0.05, 0.1) is 0 Å². The van der Waals surface area contributed by atoms with Crippen LogP contribution < -0.4 is 5.32 Å². The van der Waals surface area contributed by atoms with E-state index in [9.17, 15) is 9.59 Å². The SMILES string of the molecule is CC(C(=O)NC(C(=O)O)C1CC1)C1CC1. The highest BCUT2D eigenvalue weighted by Crippen LogP contribution is 2.37. The van der Waals surface area contributed by atoms with Gasteiger partial charge in [-0.2, -0.15) is 0 Å². The molecule has 2 fully saturated rings. The summed E-state index contributed by atoms with van der Waals surface area (Å²) in [5.41, 5.74) is 0. The number of aliphatic carboxylic acids is 1. The number of rotatable bonds is 5. The molecule has 0 saturated heterocycles. The van der Waals surface area contributed by atoms with Crippen molar-refractivity contribution in [3.63, 3.8) is 0 Å². The summed E-state index contributed by atoms with van der Waals surface area (Å²) in [6.45, 7) is 1.89. The molecule has 84 valence electrons. The van der Waals surface area contributed by atoms with Crippen LogP contribution in [0.25, 0.3) is 0 Å². The molecule has 2 unspecified atom stereocenters. The molecule has 2 atom stereocenters. The van der Waals surface area contributed by atoms with E-state index < -0.39 is 12.0 Å². The molecular weight excluding hydrogens is 194 g/mol. The van der Waals surface area contributed by atoms with Gasteiger partial charge in [0.2, 0.25) is 5.91 Å². The quantitative estimate of drug-likeness (QED) is 0.713. The number of carbonyl (C=O) groups excluding carboxylic acids is 1. The lowest BCUT2D eigenvalue weighted by atomic mass is 10.0. The van der Waals surface area contributed by atoms with E-state index in [1.54, 1.807) is 0 Å². The molecule has 0 aliphatic heterocycles. The van der Waals surface area contributed by atoms with E-state index in [-0.39, 0.29) is 17.7 Å². The second kappa shape index (κ2) is 3.83. The van der Waals surface area contributed by atoms with Gasteiger partial charge in [0.25, 0.3) is 0 Å². The molecule has 0 aromatic heterocycles. The van der Waals surface area contributed by atoms with Crippen molar-refractivity contribution in [2.24, 2.45) is 17.8 Å². The molecule has 0 radical (unpaired) electrons. The van der Waals surface area contributed by atoms with E-state index >= 15 is 0 Å². The summed E-state index contributed by atoms with van der Waals surface area (Å²) in [4.78, 5) is 22.6. The fourth-order valence-electron chi connectivity index (χ4n) is 1.91. The van der Waals surface area contributed by atoms with E-state index in [1.165, 1.54) is 0 Å². The number of hydrogen-bond donors (Lipinski definition) is 2. The molecule has 0 bridgehead atoms. The number of amides is 1. The van der Waals surface area contributed by atoms with Gasteiger partial charge in [0, 0.05) is 5.92 Å². The minimum absolute atomic E-state index is 0.0226. The molecule has 4 nitrogen and oxygen atoms in total. The topological polar surface area (TPSA) is 66.4 Å². The zero-order valence-corrected chi connectivity index (χ0v) is 8.90. The van der Waals surface area contributed by atoms with E-state index in [0.717, 1.165) is 25.7 Å². The van der Waals surface area contributed by atoms with Gasteiger partial charge in [-0.1, -0.05) is 6.92 Å². The van der Waals surface area contributed by atoms with Crippen molar-refractivity contribution in [2.75, 3.05) is 0 Å². The Morgan fingerprint density at radius 2 is 1.73 bits per heavy atom. The number of carboxylic acids is 1. The van der Waals surface area contributed by atoms with Crippen LogP contribution in [-0.4, -0.2) is 23.0 Å². The van der Waals surface area contributed by atoms with Crippen LogP contribution in [0.1, 0.15) is 32.6 Å². The van der Waals surface area contributed by atoms with E-state index in [2.05, 4.69) is 5.32 Å². The lowest BCUT2D eigenvalue weighted by Crippen LogP contribution is -2.44. The van der Waals surface area contributed by atoms with Crippen molar-refractivity contribution in [3.8, 4) is 0 Å². The van der Waals surface area contributed by atoms with Gasteiger partial charge in [-0.25, -0.2) is 4.79 Å². The molecule has 2 aliphatic carbocycles. The number of hydrogen-bond acceptors (Lipinski definition) is 2. The largest absolute Gasteiger partial charge is 0.480 e. The van der Waals surface area contributed by atoms with Gasteiger partial charge in [0.1, 0.15) is 6.04 Å². The Bertz CT molecular complexity index is 282. The Hall–Kier alpha value is -1.06. The molecule has 2 N–H and O–H groups in total. The zero-order chi connectivity index (χ0) is 11.0. The van der Waals surface area contributed by atoms with E-state index in [4.69, 9.17) is 5.11 Å². The molecule has 0 spiro atoms. The van der Waals surface area contributed by atoms with Crippen LogP contribution in [-0.2, 0) is 9.59 Å². The Kier molecular flexibility index (Phi) is 2.67. The monoisotopic (exact) mass is 211 g/mol. The fraction of sp³-hybridized carbons (Fsp3) is 0.818. The van der Waals surface area contributed by atoms with Crippen molar-refractivity contribution in [3.05, 3.63) is 0 Å². The number of carboxylic acid groups (broad SMARTS) is 1. The van der Waals surface area contributed by atoms with Crippen LogP contribution in [0.3, 0.4) is 0 Å². The summed E-state index contributed by atoms with van der Waals surface area (Å²) < 4.78 is 0. The van der Waals surface area contributed by atoms with Crippen LogP contribution in [0.5, 0.6) is 0 Å². The van der Waals surface area contributed by atoms with Crippen LogP contribution >= 0.6 is 0 Å². The lowest BCUT2D eigenvalue weighted by Gasteiger charge is -2.16. The molecule has 2 rings (SSSR count). The predicted octanol–water partition coefficient (Wildman–Crippen LogP) is 1.01. The highest BCUT2D eigenvalue weighted by Gasteiger charge is 2.40. The highest BCUT2D eigenvalue weighted by atomic mass is 16.4. The molecular formula is C11H17NO3. The van der Waals surface area contributed by atoms with Gasteiger partial charge in [0.15, 0.2) is 0 Å². The lowest BCUT2D eigenvalue weighted by molar-refractivity contribution is -0.143. The molecule has 1 amide bonds. The zero-order valence-electron chi connectivity index (χ0n) is 8.90. The third-order valence-corrected chi connectivity index (χ3v) is 3.40. The van der Waals surface area contributed by atoms with Crippen molar-refractivity contribution >= 4 is 11.9 Å². The molecule has 0 heterocycles. The first kappa shape index (κ1) is 10.5. The first-order valence-corrected chi connectivity index (χ1v) is 5.62. The summed E-state index contributed by atoms with van der Waals surface area (Å²) >= 11 is 0. The van der Waals surface area contributed by atoms with Crippen LogP contribution in [0, 0.1) is 17.8 Å². The second-order valence-electron chi connectivity index (χ2n) is 4.79. The minimum Gasteiger partial charge on any atom is -0.480 e. The van der Waals surface area contributed by atoms with Gasteiger partial charge < -0.3 is 10.4 Å². The summed E-state index contributed by atoms with van der Waals surface area (Å²) in [6, 6.07) is -0.654. The average molecular weight is 211 g/mol. The van der Waals surface area contributed by atoms with Gasteiger partial charge in [-0.3, -0.25) is 4.79 Å². The maximum Gasteiger partial charge on any atom is 0.326 e. The summed E-state index contributed by atoms with van der Waals surface area (Å²) in [5.74, 6) is -0.354. The molecule has 15 heavy (non-hydrogen) atoms. The Morgan fingerprint density at radius 3 is 2.13 bits per heavy atom. The van der Waals surface area contributed by atoms with Gasteiger partial charge in [-0.05, 0) is 37.5 Å². The molecule has 2 aliphatic rings. The third kappa shape index (κ3) is 2.49. The predicted molar refractivity (Wildman–Crippen MR) is 54.2 cm³/mol. The Morgan fingerprint density at radius 1 is 1.20 bits per heavy atom. The summed E-state index contributed by atoms with van der Waals surface area (Å²) in [6.07, 6.45) is 4.07. The van der Waals surface area contributed by atoms with Crippen LogP contribution in [0.2, 0.25) is 0 Å². The normalized spacial score (nSPS) is 24.3. The standard InChI is InChI=1S/C11H17NO3/c1-6(7-2-3-7)10(13)12-9(11(14)15)8-4-5-8/h6-9H,2-5H2,1H3,(H,12,13)(H,14,15). The van der Waals surface area contributed by atoms with E-state index in [0.29, 0.717) is 5.92 Å². The number of carbonyl (C=O) groups is 2. The van der Waals surface area contributed by atoms with Gasteiger partial charge in [-0.15, -0.1) is 0 Å². The van der Waals surface area contributed by atoms with E-state index in [1.807, 2.05) is 6.92 Å². The van der Waals surface area contributed by atoms with Crippen molar-refractivity contribution in [1.29, 1.82) is 0 Å². The maximum absolute atomic E-state index is 11.7. The van der Waals surface area contributed by atoms with Crippen molar-refractivity contribution in [1.82, 2.24) is 5.32 Å². The molecule has 0 aromatic rings. The van der Waals surface area contributed by atoms with Crippen molar-refractivity contribution < 1.29 is 14.7 Å². The Balaban J connectivity index is 1.87. The van der Waals surface area contributed by atoms with Crippen LogP contribution in [0.15, 0.2) is 0 Å². The average Bonchev–Trinajstić information content (AvgIpc) is 3.03. The third-order valence-electron chi connectivity index (χ3n) is 3.40. The first-order valence-electron chi connectivity index (χ1n) is 5.62. The summed E-state index contributed by atoms with van der Waals surface area (Å²) in [5, 5.41) is 11.6. The maximum atomic E-state index is 11.7. The van der Waals surface area contributed by atoms with Crippen molar-refractivity contribution in [2.45, 2.75) is 38.6 Å². The smallest absolute Gasteiger partial charge is 0.326 e. The number of nitrogens with one attached hydrogen (secondary N) is 1. The Labute approximate surface area is 89.0 Å². The minimum atomic E-state index is -0.895. The molecule has 4 heteroatoms. The van der Waals surface area contributed by atoms with Crippen LogP contribution in [0.4, 0.5) is 0 Å². The highest BCUT2D eigenvalue weighted by molar-refractivity contribution is 5.85. The molecule has 2 saturated carbocycles.